The lowest BCUT2D eigenvalue weighted by atomic mass is 10.0. The summed E-state index contributed by atoms with van der Waals surface area (Å²) in [6.07, 6.45) is 5.73. The molecule has 18 heavy (non-hydrogen) atoms. The van der Waals surface area contributed by atoms with Gasteiger partial charge in [0.05, 0.1) is 0 Å². The third kappa shape index (κ3) is 3.00. The molecule has 2 N–H and O–H groups in total. The van der Waals surface area contributed by atoms with Gasteiger partial charge in [0.1, 0.15) is 5.82 Å². The summed E-state index contributed by atoms with van der Waals surface area (Å²) in [7, 11) is 0. The molecule has 1 atom stereocenters. The van der Waals surface area contributed by atoms with Crippen LogP contribution in [0.5, 0.6) is 0 Å². The minimum atomic E-state index is -0.0291. The summed E-state index contributed by atoms with van der Waals surface area (Å²) in [5.74, 6) is 1.06. The predicted molar refractivity (Wildman–Crippen MR) is 77.3 cm³/mol. The number of hydrogen-bond donors (Lipinski definition) is 1. The Morgan fingerprint density at radius 1 is 1.39 bits per heavy atom. The molecular formula is C14H18BrN3. The molecule has 0 radical (unpaired) electrons. The van der Waals surface area contributed by atoms with Gasteiger partial charge in [-0.05, 0) is 18.1 Å². The van der Waals surface area contributed by atoms with E-state index in [2.05, 4.69) is 38.5 Å². The number of aromatic nitrogens is 2. The molecule has 1 aromatic heterocycles. The molecule has 96 valence electrons. The average molecular weight is 308 g/mol. The number of rotatable bonds is 5. The highest BCUT2D eigenvalue weighted by atomic mass is 79.9. The van der Waals surface area contributed by atoms with Crippen LogP contribution in [0.25, 0.3) is 0 Å². The molecule has 0 aliphatic carbocycles. The molecule has 1 aromatic carbocycles. The van der Waals surface area contributed by atoms with Gasteiger partial charge < -0.3 is 10.3 Å². The second-order valence-electron chi connectivity index (χ2n) is 4.37. The third-order valence-corrected chi connectivity index (χ3v) is 3.70. The first-order chi connectivity index (χ1) is 8.72. The predicted octanol–water partition coefficient (Wildman–Crippen LogP) is 3.30. The molecule has 0 spiro atoms. The topological polar surface area (TPSA) is 43.8 Å². The monoisotopic (exact) mass is 307 g/mol. The van der Waals surface area contributed by atoms with Gasteiger partial charge in [0.2, 0.25) is 0 Å². The molecule has 0 saturated carbocycles. The average Bonchev–Trinajstić information content (AvgIpc) is 2.78. The van der Waals surface area contributed by atoms with Crippen molar-refractivity contribution in [1.82, 2.24) is 9.55 Å². The fraction of sp³-hybridized carbons (Fsp3) is 0.357. The minimum Gasteiger partial charge on any atom is -0.335 e. The Morgan fingerprint density at radius 2 is 2.17 bits per heavy atom. The fourth-order valence-electron chi connectivity index (χ4n) is 2.06. The highest BCUT2D eigenvalue weighted by molar-refractivity contribution is 9.10. The Labute approximate surface area is 116 Å². The van der Waals surface area contributed by atoms with Crippen LogP contribution >= 0.6 is 15.9 Å². The van der Waals surface area contributed by atoms with Crippen molar-refractivity contribution in [2.75, 3.05) is 0 Å². The van der Waals surface area contributed by atoms with Gasteiger partial charge in [-0.15, -0.1) is 0 Å². The van der Waals surface area contributed by atoms with Crippen LogP contribution in [0.4, 0.5) is 0 Å². The van der Waals surface area contributed by atoms with E-state index in [1.54, 1.807) is 0 Å². The van der Waals surface area contributed by atoms with Crippen LogP contribution in [0.1, 0.15) is 30.8 Å². The van der Waals surface area contributed by atoms with Crippen LogP contribution in [0.2, 0.25) is 0 Å². The summed E-state index contributed by atoms with van der Waals surface area (Å²) < 4.78 is 3.24. The lowest BCUT2D eigenvalue weighted by Gasteiger charge is -2.14. The quantitative estimate of drug-likeness (QED) is 0.921. The van der Waals surface area contributed by atoms with Crippen molar-refractivity contribution in [1.29, 1.82) is 0 Å². The first-order valence-electron chi connectivity index (χ1n) is 6.22. The van der Waals surface area contributed by atoms with E-state index in [1.165, 1.54) is 0 Å². The maximum atomic E-state index is 6.27. The van der Waals surface area contributed by atoms with Crippen molar-refractivity contribution < 1.29 is 0 Å². The van der Waals surface area contributed by atoms with E-state index in [9.17, 15) is 0 Å². The SMILES string of the molecule is CCCn1ccnc1CC(N)c1ccccc1Br. The lowest BCUT2D eigenvalue weighted by Crippen LogP contribution is -2.17. The highest BCUT2D eigenvalue weighted by Gasteiger charge is 2.13. The largest absolute Gasteiger partial charge is 0.335 e. The van der Waals surface area contributed by atoms with E-state index < -0.39 is 0 Å². The van der Waals surface area contributed by atoms with E-state index in [4.69, 9.17) is 5.73 Å². The molecule has 2 rings (SSSR count). The zero-order valence-corrected chi connectivity index (χ0v) is 12.1. The van der Waals surface area contributed by atoms with Gasteiger partial charge >= 0.3 is 0 Å². The van der Waals surface area contributed by atoms with Crippen LogP contribution in [0.3, 0.4) is 0 Å². The van der Waals surface area contributed by atoms with Crippen molar-refractivity contribution in [3.63, 3.8) is 0 Å². The molecule has 0 aliphatic rings. The Bertz CT molecular complexity index is 507. The number of aryl methyl sites for hydroxylation is 1. The third-order valence-electron chi connectivity index (χ3n) is 2.97. The van der Waals surface area contributed by atoms with E-state index in [-0.39, 0.29) is 6.04 Å². The van der Waals surface area contributed by atoms with Crippen molar-refractivity contribution in [3.8, 4) is 0 Å². The molecule has 0 fully saturated rings. The van der Waals surface area contributed by atoms with Crippen molar-refractivity contribution >= 4 is 15.9 Å². The molecule has 1 unspecified atom stereocenters. The molecule has 4 heteroatoms. The molecule has 0 saturated heterocycles. The van der Waals surface area contributed by atoms with Crippen molar-refractivity contribution in [3.05, 3.63) is 52.5 Å². The summed E-state index contributed by atoms with van der Waals surface area (Å²) in [5, 5.41) is 0. The maximum Gasteiger partial charge on any atom is 0.110 e. The Balaban J connectivity index is 2.14. The maximum absolute atomic E-state index is 6.27. The molecule has 1 heterocycles. The van der Waals surface area contributed by atoms with Gasteiger partial charge in [0.15, 0.2) is 0 Å². The number of hydrogen-bond acceptors (Lipinski definition) is 2. The zero-order chi connectivity index (χ0) is 13.0. The van der Waals surface area contributed by atoms with Crippen LogP contribution in [-0.4, -0.2) is 9.55 Å². The van der Waals surface area contributed by atoms with Gasteiger partial charge in [-0.1, -0.05) is 41.1 Å². The normalized spacial score (nSPS) is 12.6. The smallest absolute Gasteiger partial charge is 0.110 e. The number of halogens is 1. The minimum absolute atomic E-state index is 0.0291. The molecule has 3 nitrogen and oxygen atoms in total. The van der Waals surface area contributed by atoms with E-state index >= 15 is 0 Å². The van der Waals surface area contributed by atoms with Gasteiger partial charge in [-0.25, -0.2) is 4.98 Å². The summed E-state index contributed by atoms with van der Waals surface area (Å²) in [4.78, 5) is 4.40. The van der Waals surface area contributed by atoms with Gasteiger partial charge in [0.25, 0.3) is 0 Å². The van der Waals surface area contributed by atoms with Gasteiger partial charge in [-0.2, -0.15) is 0 Å². The van der Waals surface area contributed by atoms with Crippen molar-refractivity contribution in [2.45, 2.75) is 32.4 Å². The van der Waals surface area contributed by atoms with Crippen molar-refractivity contribution in [2.24, 2.45) is 5.73 Å². The Hall–Kier alpha value is -1.13. The summed E-state index contributed by atoms with van der Waals surface area (Å²) in [6, 6.07) is 8.06. The highest BCUT2D eigenvalue weighted by Crippen LogP contribution is 2.23. The summed E-state index contributed by atoms with van der Waals surface area (Å²) in [5.41, 5.74) is 7.40. The van der Waals surface area contributed by atoms with E-state index in [1.807, 2.05) is 30.6 Å². The molecule has 0 amide bonds. The molecule has 0 aliphatic heterocycles. The summed E-state index contributed by atoms with van der Waals surface area (Å²) in [6.45, 7) is 3.16. The van der Waals surface area contributed by atoms with Crippen LogP contribution < -0.4 is 5.73 Å². The van der Waals surface area contributed by atoms with Crippen LogP contribution in [-0.2, 0) is 13.0 Å². The Kier molecular flexibility index (Phi) is 4.55. The first-order valence-corrected chi connectivity index (χ1v) is 7.01. The lowest BCUT2D eigenvalue weighted by molar-refractivity contribution is 0.598. The fourth-order valence-corrected chi connectivity index (χ4v) is 2.64. The second kappa shape index (κ2) is 6.16. The number of benzene rings is 1. The molecular weight excluding hydrogens is 290 g/mol. The van der Waals surface area contributed by atoms with E-state index in [0.717, 1.165) is 35.2 Å². The first kappa shape index (κ1) is 13.3. The molecule has 2 aromatic rings. The molecule has 0 bridgehead atoms. The second-order valence-corrected chi connectivity index (χ2v) is 5.22. The Morgan fingerprint density at radius 3 is 2.89 bits per heavy atom. The van der Waals surface area contributed by atoms with E-state index in [0.29, 0.717) is 0 Å². The number of nitrogens with zero attached hydrogens (tertiary/aromatic N) is 2. The summed E-state index contributed by atoms with van der Waals surface area (Å²) >= 11 is 3.54. The standard InChI is InChI=1S/C14H18BrN3/c1-2-8-18-9-7-17-14(18)10-13(16)11-5-3-4-6-12(11)15/h3-7,9,13H,2,8,10,16H2,1H3. The number of nitrogens with two attached hydrogens (primary N) is 1. The van der Waals surface area contributed by atoms with Crippen LogP contribution in [0.15, 0.2) is 41.1 Å². The van der Waals surface area contributed by atoms with Gasteiger partial charge in [-0.3, -0.25) is 0 Å². The van der Waals surface area contributed by atoms with Crippen LogP contribution in [0, 0.1) is 0 Å². The number of imidazole rings is 1. The van der Waals surface area contributed by atoms with Gasteiger partial charge in [0, 0.05) is 35.9 Å². The zero-order valence-electron chi connectivity index (χ0n) is 10.5.